The van der Waals surface area contributed by atoms with Crippen molar-refractivity contribution >= 4 is 11.8 Å². The second-order valence-corrected chi connectivity index (χ2v) is 7.88. The van der Waals surface area contributed by atoms with Crippen molar-refractivity contribution in [2.24, 2.45) is 5.92 Å². The molecule has 0 saturated carbocycles. The molecule has 0 aliphatic carbocycles. The van der Waals surface area contributed by atoms with Crippen LogP contribution in [0.2, 0.25) is 0 Å². The van der Waals surface area contributed by atoms with E-state index in [4.69, 9.17) is 4.74 Å². The van der Waals surface area contributed by atoms with E-state index in [1.165, 1.54) is 12.1 Å². The molecule has 31 heavy (non-hydrogen) atoms. The summed E-state index contributed by atoms with van der Waals surface area (Å²) >= 11 is 0. The molecular formula is C24H30FN3O3. The summed E-state index contributed by atoms with van der Waals surface area (Å²) in [5, 5.41) is 2.93. The average Bonchev–Trinajstić information content (AvgIpc) is 2.80. The average molecular weight is 428 g/mol. The lowest BCUT2D eigenvalue weighted by atomic mass is 9.96. The Morgan fingerprint density at radius 3 is 2.48 bits per heavy atom. The zero-order valence-corrected chi connectivity index (χ0v) is 17.9. The predicted octanol–water partition coefficient (Wildman–Crippen LogP) is 3.63. The predicted molar refractivity (Wildman–Crippen MR) is 115 cm³/mol. The van der Waals surface area contributed by atoms with E-state index in [0.29, 0.717) is 38.5 Å². The molecule has 1 atom stereocenters. The van der Waals surface area contributed by atoms with E-state index < -0.39 is 6.04 Å². The molecule has 6 nitrogen and oxygen atoms in total. The number of carbonyl (C=O) groups is 2. The molecule has 7 heteroatoms. The number of nitrogens with zero attached hydrogens (tertiary/aromatic N) is 2. The molecule has 2 amide bonds. The van der Waals surface area contributed by atoms with Gasteiger partial charge in [-0.2, -0.15) is 0 Å². The normalized spacial score (nSPS) is 15.3. The van der Waals surface area contributed by atoms with Gasteiger partial charge in [-0.05, 0) is 60.6 Å². The number of amides is 2. The van der Waals surface area contributed by atoms with Crippen LogP contribution in [0.15, 0.2) is 48.8 Å². The molecule has 2 aromatic rings. The zero-order chi connectivity index (χ0) is 22.1. The van der Waals surface area contributed by atoms with Gasteiger partial charge < -0.3 is 15.0 Å². The van der Waals surface area contributed by atoms with Crippen molar-refractivity contribution in [3.05, 3.63) is 65.7 Å². The van der Waals surface area contributed by atoms with E-state index in [-0.39, 0.29) is 24.2 Å². The molecule has 0 radical (unpaired) electrons. The van der Waals surface area contributed by atoms with Crippen LogP contribution in [0, 0.1) is 11.7 Å². The minimum absolute atomic E-state index is 0.0345. The minimum Gasteiger partial charge on any atom is -0.381 e. The highest BCUT2D eigenvalue weighted by atomic mass is 19.1. The van der Waals surface area contributed by atoms with E-state index in [2.05, 4.69) is 10.3 Å². The lowest BCUT2D eigenvalue weighted by Gasteiger charge is -2.35. The first kappa shape index (κ1) is 22.9. The summed E-state index contributed by atoms with van der Waals surface area (Å²) in [6, 6.07) is 8.81. The summed E-state index contributed by atoms with van der Waals surface area (Å²) < 4.78 is 18.6. The van der Waals surface area contributed by atoms with Gasteiger partial charge in [-0.15, -0.1) is 0 Å². The molecule has 166 valence electrons. The highest BCUT2D eigenvalue weighted by Crippen LogP contribution is 2.26. The van der Waals surface area contributed by atoms with Crippen molar-refractivity contribution in [2.75, 3.05) is 19.8 Å². The molecule has 1 N–H and O–H groups in total. The van der Waals surface area contributed by atoms with Crippen molar-refractivity contribution in [2.45, 2.75) is 45.2 Å². The number of rotatable bonds is 9. The third kappa shape index (κ3) is 6.59. The van der Waals surface area contributed by atoms with Gasteiger partial charge in [0.05, 0.1) is 0 Å². The van der Waals surface area contributed by atoms with Gasteiger partial charge in [0.1, 0.15) is 11.9 Å². The quantitative estimate of drug-likeness (QED) is 0.663. The summed E-state index contributed by atoms with van der Waals surface area (Å²) in [4.78, 5) is 32.2. The summed E-state index contributed by atoms with van der Waals surface area (Å²) in [5.74, 6) is -0.318. The Morgan fingerprint density at radius 1 is 1.16 bits per heavy atom. The Labute approximate surface area is 182 Å². The number of ether oxygens (including phenoxy) is 1. The highest BCUT2D eigenvalue weighted by molar-refractivity contribution is 5.88. The van der Waals surface area contributed by atoms with Gasteiger partial charge in [-0.3, -0.25) is 14.6 Å². The number of carbonyl (C=O) groups excluding carboxylic acids is 2. The van der Waals surface area contributed by atoms with E-state index in [9.17, 15) is 14.0 Å². The number of hydrogen-bond donors (Lipinski definition) is 1. The maximum atomic E-state index is 13.4. The topological polar surface area (TPSA) is 71.5 Å². The second kappa shape index (κ2) is 11.6. The van der Waals surface area contributed by atoms with Gasteiger partial charge in [-0.25, -0.2) is 4.39 Å². The second-order valence-electron chi connectivity index (χ2n) is 7.88. The number of nitrogens with one attached hydrogen (secondary N) is 1. The fraction of sp³-hybridized carbons (Fsp3) is 0.458. The molecule has 0 spiro atoms. The summed E-state index contributed by atoms with van der Waals surface area (Å²) in [6.07, 6.45) is 6.10. The van der Waals surface area contributed by atoms with E-state index in [1.807, 2.05) is 6.92 Å². The molecule has 3 rings (SSSR count). The first-order valence-corrected chi connectivity index (χ1v) is 10.9. The summed E-state index contributed by atoms with van der Waals surface area (Å²) in [5.41, 5.74) is 1.52. The van der Waals surface area contributed by atoms with Gasteiger partial charge in [0.2, 0.25) is 11.8 Å². The van der Waals surface area contributed by atoms with Gasteiger partial charge in [0.25, 0.3) is 0 Å². The van der Waals surface area contributed by atoms with Gasteiger partial charge in [0.15, 0.2) is 0 Å². The Bertz CT molecular complexity index is 839. The number of pyridine rings is 1. The van der Waals surface area contributed by atoms with Gasteiger partial charge in [-0.1, -0.05) is 19.1 Å². The smallest absolute Gasteiger partial charge is 0.247 e. The van der Waals surface area contributed by atoms with Crippen LogP contribution in [0.3, 0.4) is 0 Å². The van der Waals surface area contributed by atoms with Crippen LogP contribution in [0.5, 0.6) is 0 Å². The number of hydrogen-bond acceptors (Lipinski definition) is 4. The first-order valence-electron chi connectivity index (χ1n) is 10.9. The van der Waals surface area contributed by atoms with Crippen molar-refractivity contribution in [1.82, 2.24) is 15.2 Å². The molecule has 1 aromatic carbocycles. The van der Waals surface area contributed by atoms with Crippen molar-refractivity contribution < 1.29 is 18.7 Å². The van der Waals surface area contributed by atoms with Crippen molar-refractivity contribution in [1.29, 1.82) is 0 Å². The van der Waals surface area contributed by atoms with E-state index in [0.717, 1.165) is 24.0 Å². The van der Waals surface area contributed by atoms with E-state index >= 15 is 0 Å². The fourth-order valence-corrected chi connectivity index (χ4v) is 3.82. The Hall–Kier alpha value is -2.80. The van der Waals surface area contributed by atoms with Crippen LogP contribution in [0.25, 0.3) is 0 Å². The minimum atomic E-state index is -0.745. The Morgan fingerprint density at radius 2 is 1.84 bits per heavy atom. The van der Waals surface area contributed by atoms with Crippen LogP contribution in [-0.4, -0.2) is 41.5 Å². The van der Waals surface area contributed by atoms with Crippen LogP contribution < -0.4 is 5.32 Å². The number of halogens is 1. The zero-order valence-electron chi connectivity index (χ0n) is 17.9. The standard InChI is InChI=1S/C24H30FN3O3/c1-2-3-22(29)28(17-19-10-14-31-15-11-19)23(20-8-12-26-13-9-20)24(30)27-16-18-4-6-21(25)7-5-18/h4-9,12-13,19,23H,2-3,10-11,14-17H2,1H3,(H,27,30). The van der Waals surface area contributed by atoms with E-state index in [1.54, 1.807) is 41.6 Å². The third-order valence-electron chi connectivity index (χ3n) is 5.54. The molecule has 1 aliphatic rings. The maximum Gasteiger partial charge on any atom is 0.247 e. The molecular weight excluding hydrogens is 397 g/mol. The van der Waals surface area contributed by atoms with Crippen LogP contribution >= 0.6 is 0 Å². The van der Waals surface area contributed by atoms with Crippen molar-refractivity contribution in [3.63, 3.8) is 0 Å². The van der Waals surface area contributed by atoms with Gasteiger partial charge in [0, 0.05) is 45.1 Å². The summed E-state index contributed by atoms with van der Waals surface area (Å²) in [7, 11) is 0. The Kier molecular flexibility index (Phi) is 8.53. The third-order valence-corrected chi connectivity index (χ3v) is 5.54. The van der Waals surface area contributed by atoms with Crippen molar-refractivity contribution in [3.8, 4) is 0 Å². The monoisotopic (exact) mass is 427 g/mol. The molecule has 1 fully saturated rings. The highest BCUT2D eigenvalue weighted by Gasteiger charge is 2.33. The largest absolute Gasteiger partial charge is 0.381 e. The SMILES string of the molecule is CCCC(=O)N(CC1CCOCC1)C(C(=O)NCc1ccc(F)cc1)c1ccncc1. The molecule has 0 bridgehead atoms. The first-order chi connectivity index (χ1) is 15.1. The number of benzene rings is 1. The lowest BCUT2D eigenvalue weighted by Crippen LogP contribution is -2.46. The lowest BCUT2D eigenvalue weighted by molar-refractivity contribution is -0.142. The van der Waals surface area contributed by atoms with Gasteiger partial charge >= 0.3 is 0 Å². The molecule has 1 aromatic heterocycles. The number of aromatic nitrogens is 1. The molecule has 2 heterocycles. The fourth-order valence-electron chi connectivity index (χ4n) is 3.82. The Balaban J connectivity index is 1.83. The molecule has 1 unspecified atom stereocenters. The molecule has 1 saturated heterocycles. The van der Waals surface area contributed by atoms with Crippen LogP contribution in [-0.2, 0) is 20.9 Å². The summed E-state index contributed by atoms with van der Waals surface area (Å²) in [6.45, 7) is 4.09. The molecule has 1 aliphatic heterocycles. The van der Waals surface area contributed by atoms with Crippen LogP contribution in [0.1, 0.15) is 49.8 Å². The van der Waals surface area contributed by atoms with Crippen LogP contribution in [0.4, 0.5) is 4.39 Å². The maximum absolute atomic E-state index is 13.4.